The third kappa shape index (κ3) is 31.4. The second-order valence-electron chi connectivity index (χ2n) is 1.13. The summed E-state index contributed by atoms with van der Waals surface area (Å²) in [7, 11) is 0. The van der Waals surface area contributed by atoms with E-state index in [2.05, 4.69) is 43.5 Å². The average Bonchev–Trinajstić information content (AvgIpc) is 1.89. The van der Waals surface area contributed by atoms with Gasteiger partial charge in [0, 0.05) is 0 Å². The maximum Gasteiger partial charge on any atom is 1.00 e. The third-order valence-electron chi connectivity index (χ3n) is 0.287. The van der Waals surface area contributed by atoms with Crippen molar-refractivity contribution in [3.8, 4) is 0 Å². The molecule has 0 saturated carbocycles. The van der Waals surface area contributed by atoms with Gasteiger partial charge in [-0.15, -0.1) is 11.6 Å². The molecule has 0 fully saturated rings. The number of carboxylic acid groups (broad SMARTS) is 2. The van der Waals surface area contributed by atoms with Crippen LogP contribution in [0.2, 0.25) is 0 Å². The fourth-order valence-electron chi connectivity index (χ4n) is 0. The molecule has 66 valence electrons. The minimum atomic E-state index is -1.23. The number of carbonyl (C=O) groups is 2. The first kappa shape index (κ1) is 24.4. The number of hydrogen-bond donors (Lipinski definition) is 0. The maximum absolute atomic E-state index is 9.49. The van der Waals surface area contributed by atoms with Crippen LogP contribution in [0.3, 0.4) is 0 Å². The summed E-state index contributed by atoms with van der Waals surface area (Å²) in [5.74, 6) is -2.80. The van der Waals surface area contributed by atoms with Crippen molar-refractivity contribution < 1.29 is 78.9 Å². The Morgan fingerprint density at radius 3 is 1.38 bits per heavy atom. The van der Waals surface area contributed by atoms with Crippen LogP contribution >= 0.6 is 43.5 Å². The van der Waals surface area contributed by atoms with Gasteiger partial charge in [-0.3, -0.25) is 0 Å². The Morgan fingerprint density at radius 2 is 1.38 bits per heavy atom. The Labute approximate surface area is 142 Å². The molecule has 0 aromatic heterocycles. The number of halogens is 3. The van der Waals surface area contributed by atoms with Crippen molar-refractivity contribution in [3.05, 3.63) is 0 Å². The molecule has 0 radical (unpaired) electrons. The fourth-order valence-corrected chi connectivity index (χ4v) is 0. The summed E-state index contributed by atoms with van der Waals surface area (Å²) >= 11 is 10.1. The van der Waals surface area contributed by atoms with Gasteiger partial charge in [0.1, 0.15) is 3.74 Å². The minimum Gasteiger partial charge on any atom is -0.549 e. The first-order valence-electron chi connectivity index (χ1n) is 2.16. The molecule has 0 atom stereocenters. The summed E-state index contributed by atoms with van der Waals surface area (Å²) in [6, 6.07) is 0. The van der Waals surface area contributed by atoms with Crippen molar-refractivity contribution in [2.75, 3.05) is 5.88 Å². The molecule has 0 unspecified atom stereocenters. The molecule has 0 aliphatic rings. The van der Waals surface area contributed by atoms with Gasteiger partial charge in [0.25, 0.3) is 0 Å². The summed E-state index contributed by atoms with van der Waals surface area (Å²) in [5, 5.41) is 18.6. The van der Waals surface area contributed by atoms with Gasteiger partial charge in [0.15, 0.2) is 0 Å². The Balaban J connectivity index is -0.0000000546. The molecule has 0 aliphatic carbocycles. The molecule has 0 heterocycles. The summed E-state index contributed by atoms with van der Waals surface area (Å²) < 4.78 is -0.718. The van der Waals surface area contributed by atoms with Gasteiger partial charge in [0.2, 0.25) is 0 Å². The van der Waals surface area contributed by atoms with E-state index in [0.717, 1.165) is 0 Å². The minimum absolute atomic E-state index is 0. The molecule has 0 amide bonds. The van der Waals surface area contributed by atoms with Gasteiger partial charge in [-0.1, -0.05) is 31.9 Å². The van der Waals surface area contributed by atoms with Gasteiger partial charge in [-0.25, -0.2) is 0 Å². The van der Waals surface area contributed by atoms with Gasteiger partial charge in [-0.05, 0) is 0 Å². The van der Waals surface area contributed by atoms with Crippen molar-refractivity contribution in [1.29, 1.82) is 0 Å². The second-order valence-corrected chi connectivity index (χ2v) is 4.45. The van der Waals surface area contributed by atoms with Crippen LogP contribution in [0.4, 0.5) is 0 Å². The number of alkyl halides is 3. The molecule has 0 bridgehead atoms. The first-order valence-corrected chi connectivity index (χ1v) is 4.53. The molecule has 4 nitrogen and oxygen atoms in total. The standard InChI is InChI=1S/C2H2Br2O2.C2H3ClO2.2Na/c3-1(4)2(5)6;3-1-2(4)5;;/h1H,(H,5,6);1H2,(H,4,5);;/q;;2*+1/p-2. The Hall–Kier alpha value is 2.19. The van der Waals surface area contributed by atoms with Crippen molar-refractivity contribution in [3.63, 3.8) is 0 Å². The van der Waals surface area contributed by atoms with Crippen molar-refractivity contribution in [2.24, 2.45) is 0 Å². The molecule has 9 heteroatoms. The van der Waals surface area contributed by atoms with Gasteiger partial charge in [0.05, 0.1) is 17.8 Å². The smallest absolute Gasteiger partial charge is 0.549 e. The average molecular weight is 356 g/mol. The van der Waals surface area contributed by atoms with E-state index in [9.17, 15) is 9.90 Å². The summed E-state index contributed by atoms with van der Waals surface area (Å²) in [6.07, 6.45) is 0. The number of carbonyl (C=O) groups excluding carboxylic acids is 2. The van der Waals surface area contributed by atoms with Gasteiger partial charge < -0.3 is 19.8 Å². The monoisotopic (exact) mass is 354 g/mol. The summed E-state index contributed by atoms with van der Waals surface area (Å²) in [5.41, 5.74) is 0. The molecule has 0 saturated heterocycles. The molecule has 0 aromatic rings. The van der Waals surface area contributed by atoms with Crippen molar-refractivity contribution in [2.45, 2.75) is 3.74 Å². The Kier molecular flexibility index (Phi) is 31.2. The molecule has 0 aliphatic heterocycles. The SMILES string of the molecule is O=C([O-])C(Br)Br.O=C([O-])CCl.[Na+].[Na+]. The van der Waals surface area contributed by atoms with Crippen LogP contribution in [-0.4, -0.2) is 21.6 Å². The number of rotatable bonds is 2. The van der Waals surface area contributed by atoms with Crippen LogP contribution in [0.25, 0.3) is 0 Å². The van der Waals surface area contributed by atoms with Gasteiger partial charge in [-0.2, -0.15) is 0 Å². The molecular weight excluding hydrogens is 353 g/mol. The quantitative estimate of drug-likeness (QED) is 0.364. The van der Waals surface area contributed by atoms with Crippen LogP contribution in [-0.2, 0) is 9.59 Å². The number of carboxylic acids is 2. The number of aliphatic carboxylic acids is 2. The summed E-state index contributed by atoms with van der Waals surface area (Å²) in [6.45, 7) is 0. The zero-order valence-corrected chi connectivity index (χ0v) is 15.0. The summed E-state index contributed by atoms with van der Waals surface area (Å²) in [4.78, 5) is 18.6. The Morgan fingerprint density at radius 1 is 1.23 bits per heavy atom. The van der Waals surface area contributed by atoms with Crippen LogP contribution in [0.15, 0.2) is 0 Å². The van der Waals surface area contributed by atoms with Crippen molar-refractivity contribution >= 4 is 55.4 Å². The van der Waals surface area contributed by atoms with Crippen molar-refractivity contribution in [1.82, 2.24) is 0 Å². The zero-order valence-electron chi connectivity index (χ0n) is 7.05. The molecule has 0 N–H and O–H groups in total. The van der Waals surface area contributed by atoms with E-state index in [0.29, 0.717) is 0 Å². The van der Waals surface area contributed by atoms with Crippen LogP contribution in [0, 0.1) is 0 Å². The predicted octanol–water partition coefficient (Wildman–Crippen LogP) is -7.16. The van der Waals surface area contributed by atoms with E-state index in [1.54, 1.807) is 0 Å². The van der Waals surface area contributed by atoms with Crippen LogP contribution in [0.5, 0.6) is 0 Å². The predicted molar refractivity (Wildman–Crippen MR) is 42.4 cm³/mol. The molecule has 13 heavy (non-hydrogen) atoms. The van der Waals surface area contributed by atoms with E-state index in [1.807, 2.05) is 0 Å². The third-order valence-corrected chi connectivity index (χ3v) is 1.25. The van der Waals surface area contributed by atoms with Crippen LogP contribution < -0.4 is 69.3 Å². The molecule has 0 spiro atoms. The fraction of sp³-hybridized carbons (Fsp3) is 0.500. The number of hydrogen-bond acceptors (Lipinski definition) is 4. The molecule has 0 rings (SSSR count). The van der Waals surface area contributed by atoms with Crippen LogP contribution in [0.1, 0.15) is 0 Å². The normalized spacial score (nSPS) is 7.08. The topological polar surface area (TPSA) is 80.3 Å². The van der Waals surface area contributed by atoms with E-state index in [4.69, 9.17) is 9.90 Å². The second kappa shape index (κ2) is 16.6. The molecular formula is C4H3Br2ClNa2O4. The van der Waals surface area contributed by atoms with Gasteiger partial charge >= 0.3 is 59.1 Å². The molecule has 0 aromatic carbocycles. The maximum atomic E-state index is 9.49. The van der Waals surface area contributed by atoms with E-state index >= 15 is 0 Å². The van der Waals surface area contributed by atoms with E-state index in [1.165, 1.54) is 0 Å². The largest absolute Gasteiger partial charge is 1.00 e. The van der Waals surface area contributed by atoms with E-state index < -0.39 is 21.6 Å². The Bertz CT molecular complexity index is 146. The zero-order chi connectivity index (χ0) is 9.44. The van der Waals surface area contributed by atoms with E-state index in [-0.39, 0.29) is 59.1 Å². The first-order chi connectivity index (χ1) is 4.91.